The maximum Gasteiger partial charge on any atom is 0.166 e. The van der Waals surface area contributed by atoms with Gasteiger partial charge in [-0.25, -0.2) is 8.78 Å². The third-order valence-corrected chi connectivity index (χ3v) is 14.7. The molecule has 0 radical (unpaired) electrons. The van der Waals surface area contributed by atoms with Crippen molar-refractivity contribution in [1.29, 1.82) is 10.8 Å². The molecule has 3 N–H and O–H groups in total. The van der Waals surface area contributed by atoms with E-state index in [2.05, 4.69) is 45.2 Å². The minimum Gasteiger partial charge on any atom is -0.453 e. The largest absolute Gasteiger partial charge is 0.453 e. The van der Waals surface area contributed by atoms with E-state index < -0.39 is 11.6 Å². The topological polar surface area (TPSA) is 167 Å². The minimum atomic E-state index is -0.488. The van der Waals surface area contributed by atoms with Crippen molar-refractivity contribution in [3.8, 4) is 44.1 Å². The maximum atomic E-state index is 14.9. The van der Waals surface area contributed by atoms with Crippen LogP contribution in [0.1, 0.15) is 94.4 Å². The van der Waals surface area contributed by atoms with E-state index in [1.54, 1.807) is 55.7 Å². The first-order valence-corrected chi connectivity index (χ1v) is 27.2. The van der Waals surface area contributed by atoms with Crippen LogP contribution in [-0.2, 0) is 35.5 Å². The Morgan fingerprint density at radius 2 is 1.13 bits per heavy atom. The minimum absolute atomic E-state index is 0.117. The van der Waals surface area contributed by atoms with Crippen LogP contribution < -0.4 is 14.8 Å². The Bertz CT molecular complexity index is 3230. The predicted molar refractivity (Wildman–Crippen MR) is 297 cm³/mol. The summed E-state index contributed by atoms with van der Waals surface area (Å²) in [6.07, 6.45) is 18.0. The highest BCUT2D eigenvalue weighted by atomic mass is 32.1. The molecule has 2 aliphatic rings. The van der Waals surface area contributed by atoms with E-state index in [1.165, 1.54) is 47.4 Å². The number of fused-ring (bicyclic) bond motifs is 2. The van der Waals surface area contributed by atoms with Gasteiger partial charge in [0.05, 0.1) is 47.9 Å². The molecule has 388 valence electrons. The van der Waals surface area contributed by atoms with E-state index in [-0.39, 0.29) is 35.9 Å². The summed E-state index contributed by atoms with van der Waals surface area (Å²) in [4.78, 5) is 46.3. The summed E-state index contributed by atoms with van der Waals surface area (Å²) >= 11 is 3.01. The van der Waals surface area contributed by atoms with E-state index >= 15 is 0 Å². The monoisotopic (exact) mass is 1050 g/mol. The Kier molecular flexibility index (Phi) is 19.0. The summed E-state index contributed by atoms with van der Waals surface area (Å²) in [5, 5.41) is 17.0. The number of rotatable bonds is 23. The molecule has 2 fully saturated rings. The molecular formula is C59H62F2N8O4S2. The van der Waals surface area contributed by atoms with Crippen LogP contribution in [0.5, 0.6) is 23.0 Å². The number of hydrogen-bond acceptors (Lipinski definition) is 13. The average Bonchev–Trinajstić information content (AvgIpc) is 4.31. The van der Waals surface area contributed by atoms with Crippen molar-refractivity contribution < 1.29 is 27.8 Å². The number of carbonyl (C=O) groups is 2. The van der Waals surface area contributed by atoms with Crippen molar-refractivity contribution >= 4 is 67.2 Å². The number of ether oxygens (including phenoxy) is 2. The quantitative estimate of drug-likeness (QED) is 0.0319. The van der Waals surface area contributed by atoms with Crippen molar-refractivity contribution in [1.82, 2.24) is 30.2 Å². The second-order valence-electron chi connectivity index (χ2n) is 18.9. The highest BCUT2D eigenvalue weighted by Crippen LogP contribution is 2.41. The third-order valence-electron chi connectivity index (χ3n) is 12.4. The van der Waals surface area contributed by atoms with E-state index in [0.717, 1.165) is 111 Å². The SMILES string of the molecule is CC=N.CCCN(C=N)Cc1ccc(-c2cc3nccc(Oc4ccc(CC(=O)CC5CC5)cc4F)c3s2)nc1.CCCNCc1ccc(-c2cc3nccc(Oc4ccc(CC(=O)CC5CC5)cc4F)c3s2)nc1. The van der Waals surface area contributed by atoms with Crippen LogP contribution in [0.2, 0.25) is 0 Å². The van der Waals surface area contributed by atoms with Crippen LogP contribution in [0.25, 0.3) is 41.6 Å². The lowest BCUT2D eigenvalue weighted by Crippen LogP contribution is -2.21. The smallest absolute Gasteiger partial charge is 0.166 e. The molecule has 0 amide bonds. The van der Waals surface area contributed by atoms with Crippen LogP contribution in [0.4, 0.5) is 8.78 Å². The Hall–Kier alpha value is -7.14. The number of Topliss-reactive ketones (excluding diaryl/α,β-unsaturated/α-hetero) is 2. The number of benzene rings is 2. The van der Waals surface area contributed by atoms with Gasteiger partial charge in [-0.15, -0.1) is 22.7 Å². The van der Waals surface area contributed by atoms with Crippen LogP contribution >= 0.6 is 22.7 Å². The van der Waals surface area contributed by atoms with Gasteiger partial charge in [0.25, 0.3) is 0 Å². The Morgan fingerprint density at radius 3 is 1.55 bits per heavy atom. The van der Waals surface area contributed by atoms with Gasteiger partial charge in [-0.3, -0.25) is 34.9 Å². The number of pyridine rings is 4. The zero-order valence-electron chi connectivity index (χ0n) is 42.5. The lowest BCUT2D eigenvalue weighted by Gasteiger charge is -2.17. The molecule has 6 heterocycles. The van der Waals surface area contributed by atoms with Crippen molar-refractivity contribution in [3.05, 3.63) is 144 Å². The summed E-state index contributed by atoms with van der Waals surface area (Å²) in [6, 6.07) is 25.0. The molecule has 2 aliphatic carbocycles. The number of halogens is 2. The number of nitrogens with zero attached hydrogens (tertiary/aromatic N) is 5. The van der Waals surface area contributed by atoms with E-state index in [1.807, 2.05) is 47.6 Å². The first-order chi connectivity index (χ1) is 36.5. The molecule has 10 rings (SSSR count). The zero-order valence-corrected chi connectivity index (χ0v) is 44.2. The van der Waals surface area contributed by atoms with Gasteiger partial charge in [-0.05, 0) is 141 Å². The molecule has 0 aliphatic heterocycles. The molecule has 75 heavy (non-hydrogen) atoms. The van der Waals surface area contributed by atoms with Crippen LogP contribution in [0.3, 0.4) is 0 Å². The molecule has 0 saturated heterocycles. The summed E-state index contributed by atoms with van der Waals surface area (Å²) in [7, 11) is 0. The van der Waals surface area contributed by atoms with Gasteiger partial charge in [-0.1, -0.05) is 38.1 Å². The number of ketones is 2. The average molecular weight is 1050 g/mol. The van der Waals surface area contributed by atoms with Crippen LogP contribution in [-0.4, -0.2) is 62.0 Å². The fourth-order valence-corrected chi connectivity index (χ4v) is 10.4. The Balaban J connectivity index is 0.000000190. The Morgan fingerprint density at radius 1 is 0.653 bits per heavy atom. The lowest BCUT2D eigenvalue weighted by atomic mass is 10.0. The van der Waals surface area contributed by atoms with Crippen molar-refractivity contribution in [2.45, 2.75) is 98.1 Å². The predicted octanol–water partition coefficient (Wildman–Crippen LogP) is 14.4. The molecule has 2 aromatic carbocycles. The first kappa shape index (κ1) is 54.1. The summed E-state index contributed by atoms with van der Waals surface area (Å²) in [6.45, 7) is 9.16. The van der Waals surface area contributed by atoms with Gasteiger partial charge in [0.15, 0.2) is 23.1 Å². The van der Waals surface area contributed by atoms with Gasteiger partial charge in [0.2, 0.25) is 0 Å². The molecule has 12 nitrogen and oxygen atoms in total. The standard InChI is InChI=1S/C29H29FN4O2S.C28H28FN3O2S.C2H5N/c1-2-11-34(18-31)17-21-5-7-24(33-16-21)28-15-25-29(37-28)27(9-10-32-25)36-26-8-6-20(14-23(26)30)13-22(35)12-19-3-4-19;1-2-10-30-16-20-5-7-23(32-17-20)27-15-24-28(35-27)26(9-11-31-24)34-25-8-6-19(14-22(25)29)13-21(33)12-18-3-4-18;1-2-3/h5-10,14-16,18-19,31H,2-4,11-13,17H2,1H3;5-9,11,14-15,17-18,30H,2-4,10,12-13,16H2,1H3;2-3H,1H3. The highest BCUT2D eigenvalue weighted by molar-refractivity contribution is 7.22. The molecule has 16 heteroatoms. The van der Waals surface area contributed by atoms with Crippen LogP contribution in [0.15, 0.2) is 110 Å². The molecule has 0 bridgehead atoms. The Labute approximate surface area is 444 Å². The molecular weight excluding hydrogens is 987 g/mol. The molecule has 2 saturated carbocycles. The van der Waals surface area contributed by atoms with Gasteiger partial charge in [-0.2, -0.15) is 0 Å². The zero-order chi connectivity index (χ0) is 52.7. The van der Waals surface area contributed by atoms with Crippen molar-refractivity contribution in [3.63, 3.8) is 0 Å². The van der Waals surface area contributed by atoms with E-state index in [0.29, 0.717) is 53.8 Å². The molecule has 0 unspecified atom stereocenters. The number of aromatic nitrogens is 4. The first-order valence-electron chi connectivity index (χ1n) is 25.6. The van der Waals surface area contributed by atoms with Crippen molar-refractivity contribution in [2.24, 2.45) is 11.8 Å². The summed E-state index contributed by atoms with van der Waals surface area (Å²) in [5.41, 5.74) is 6.74. The summed E-state index contributed by atoms with van der Waals surface area (Å²) in [5.74, 6) is 1.75. The fourth-order valence-electron chi connectivity index (χ4n) is 8.30. The van der Waals surface area contributed by atoms with Gasteiger partial charge < -0.3 is 25.1 Å². The molecule has 0 spiro atoms. The lowest BCUT2D eigenvalue weighted by molar-refractivity contribution is -0.119. The normalized spacial score (nSPS) is 12.8. The number of carbonyl (C=O) groups excluding carboxylic acids is 2. The van der Waals surface area contributed by atoms with E-state index in [9.17, 15) is 18.4 Å². The highest BCUT2D eigenvalue weighted by Gasteiger charge is 2.26. The summed E-state index contributed by atoms with van der Waals surface area (Å²) < 4.78 is 43.2. The van der Waals surface area contributed by atoms with Gasteiger partial charge in [0, 0.05) is 82.2 Å². The third kappa shape index (κ3) is 15.5. The van der Waals surface area contributed by atoms with Gasteiger partial charge >= 0.3 is 0 Å². The van der Waals surface area contributed by atoms with Crippen molar-refractivity contribution in [2.75, 3.05) is 13.1 Å². The van der Waals surface area contributed by atoms with Gasteiger partial charge in [0.1, 0.15) is 23.1 Å². The van der Waals surface area contributed by atoms with E-state index in [4.69, 9.17) is 20.3 Å². The van der Waals surface area contributed by atoms with Crippen LogP contribution in [0, 0.1) is 34.3 Å². The maximum absolute atomic E-state index is 14.9. The fraction of sp³-hybridized carbons (Fsp3) is 0.322. The number of nitrogens with one attached hydrogen (secondary N) is 3. The number of hydrogen-bond donors (Lipinski definition) is 3. The molecule has 8 aromatic rings. The number of thiophene rings is 2. The second-order valence-corrected chi connectivity index (χ2v) is 21.0. The molecule has 6 aromatic heterocycles. The second kappa shape index (κ2) is 26.4. The molecule has 0 atom stereocenters.